The summed E-state index contributed by atoms with van der Waals surface area (Å²) in [6.45, 7) is 6.45. The zero-order valence-corrected chi connectivity index (χ0v) is 13.6. The summed E-state index contributed by atoms with van der Waals surface area (Å²) < 4.78 is 0. The molecule has 2 aromatic rings. The molecule has 2 rings (SSSR count). The molecule has 0 saturated carbocycles. The zero-order chi connectivity index (χ0) is 16.1. The normalized spacial score (nSPS) is 10.5. The number of aryl methyl sites for hydroxylation is 2. The molecular formula is C14H19N5O2S. The third kappa shape index (κ3) is 3.91. The van der Waals surface area contributed by atoms with Crippen LogP contribution in [0.25, 0.3) is 10.2 Å². The van der Waals surface area contributed by atoms with Gasteiger partial charge in [-0.2, -0.15) is 0 Å². The molecule has 0 aliphatic rings. The lowest BCUT2D eigenvalue weighted by Crippen LogP contribution is -2.36. The van der Waals surface area contributed by atoms with Crippen LogP contribution >= 0.6 is 11.3 Å². The first-order valence-corrected chi connectivity index (χ1v) is 7.76. The number of amides is 2. The van der Waals surface area contributed by atoms with Gasteiger partial charge in [-0.1, -0.05) is 0 Å². The lowest BCUT2D eigenvalue weighted by Gasteiger charge is -2.08. The van der Waals surface area contributed by atoms with Gasteiger partial charge in [0, 0.05) is 24.9 Å². The van der Waals surface area contributed by atoms with E-state index >= 15 is 0 Å². The number of aromatic nitrogens is 2. The average molecular weight is 321 g/mol. The van der Waals surface area contributed by atoms with Crippen LogP contribution < -0.4 is 16.0 Å². The van der Waals surface area contributed by atoms with Gasteiger partial charge in [-0.25, -0.2) is 9.97 Å². The highest BCUT2D eigenvalue weighted by atomic mass is 32.1. The van der Waals surface area contributed by atoms with Crippen molar-refractivity contribution in [2.75, 3.05) is 25.0 Å². The Balaban J connectivity index is 1.92. The average Bonchev–Trinajstić information content (AvgIpc) is 2.77. The highest BCUT2D eigenvalue weighted by molar-refractivity contribution is 7.18. The molecule has 0 aliphatic carbocycles. The van der Waals surface area contributed by atoms with Crippen LogP contribution in [0.3, 0.4) is 0 Å². The van der Waals surface area contributed by atoms with Crippen molar-refractivity contribution in [2.45, 2.75) is 20.8 Å². The number of nitrogens with one attached hydrogen (secondary N) is 3. The standard InChI is InChI=1S/C14H19N5O2S/c1-8-9(2)22-14-12(8)13(18-7-19-14)17-6-11(21)16-5-4-15-10(3)20/h7H,4-6H2,1-3H3,(H,15,20)(H,16,21)(H,17,18,19). The fourth-order valence-corrected chi connectivity index (χ4v) is 2.98. The van der Waals surface area contributed by atoms with Gasteiger partial charge in [-0.3, -0.25) is 9.59 Å². The highest BCUT2D eigenvalue weighted by Crippen LogP contribution is 2.32. The Kier molecular flexibility index (Phi) is 5.26. The third-order valence-electron chi connectivity index (χ3n) is 3.20. The Bertz CT molecular complexity index is 698. The van der Waals surface area contributed by atoms with Crippen molar-refractivity contribution in [3.8, 4) is 0 Å². The molecule has 0 radical (unpaired) electrons. The predicted molar refractivity (Wildman–Crippen MR) is 87.1 cm³/mol. The highest BCUT2D eigenvalue weighted by Gasteiger charge is 2.12. The van der Waals surface area contributed by atoms with Crippen molar-refractivity contribution < 1.29 is 9.59 Å². The fourth-order valence-electron chi connectivity index (χ4n) is 1.98. The van der Waals surface area contributed by atoms with Gasteiger partial charge in [-0.15, -0.1) is 11.3 Å². The summed E-state index contributed by atoms with van der Waals surface area (Å²) in [7, 11) is 0. The van der Waals surface area contributed by atoms with Crippen LogP contribution in [0.4, 0.5) is 5.82 Å². The lowest BCUT2D eigenvalue weighted by atomic mass is 10.2. The molecule has 2 heterocycles. The maximum absolute atomic E-state index is 11.8. The first-order valence-electron chi connectivity index (χ1n) is 6.94. The Morgan fingerprint density at radius 1 is 1.18 bits per heavy atom. The van der Waals surface area contributed by atoms with Crippen molar-refractivity contribution in [1.82, 2.24) is 20.6 Å². The molecular weight excluding hydrogens is 302 g/mol. The van der Waals surface area contributed by atoms with Gasteiger partial charge in [-0.05, 0) is 19.4 Å². The molecule has 0 fully saturated rings. The van der Waals surface area contributed by atoms with Crippen LogP contribution in [-0.4, -0.2) is 41.4 Å². The first kappa shape index (κ1) is 16.2. The Hall–Kier alpha value is -2.22. The van der Waals surface area contributed by atoms with Crippen molar-refractivity contribution >= 4 is 39.2 Å². The van der Waals surface area contributed by atoms with Gasteiger partial charge < -0.3 is 16.0 Å². The van der Waals surface area contributed by atoms with Crippen LogP contribution in [0.15, 0.2) is 6.33 Å². The van der Waals surface area contributed by atoms with Crippen molar-refractivity contribution in [2.24, 2.45) is 0 Å². The molecule has 0 saturated heterocycles. The molecule has 8 heteroatoms. The molecule has 0 bridgehead atoms. The molecule has 0 spiro atoms. The maximum atomic E-state index is 11.8. The van der Waals surface area contributed by atoms with Crippen LogP contribution in [0.1, 0.15) is 17.4 Å². The van der Waals surface area contributed by atoms with E-state index in [0.29, 0.717) is 18.9 Å². The van der Waals surface area contributed by atoms with Gasteiger partial charge in [0.25, 0.3) is 0 Å². The number of hydrogen-bond acceptors (Lipinski definition) is 6. The monoisotopic (exact) mass is 321 g/mol. The summed E-state index contributed by atoms with van der Waals surface area (Å²) in [5, 5.41) is 9.35. The van der Waals surface area contributed by atoms with E-state index < -0.39 is 0 Å². The Labute approximate surface area is 132 Å². The number of hydrogen-bond donors (Lipinski definition) is 3. The summed E-state index contributed by atoms with van der Waals surface area (Å²) in [6, 6.07) is 0. The second-order valence-electron chi connectivity index (χ2n) is 4.87. The van der Waals surface area contributed by atoms with Gasteiger partial charge in [0.05, 0.1) is 11.9 Å². The Morgan fingerprint density at radius 2 is 1.91 bits per heavy atom. The number of nitrogens with zero attached hydrogens (tertiary/aromatic N) is 2. The minimum Gasteiger partial charge on any atom is -0.360 e. The fraction of sp³-hybridized carbons (Fsp3) is 0.429. The third-order valence-corrected chi connectivity index (χ3v) is 4.32. The lowest BCUT2D eigenvalue weighted by molar-refractivity contribution is -0.121. The largest absolute Gasteiger partial charge is 0.360 e. The molecule has 0 aliphatic heterocycles. The van der Waals surface area contributed by atoms with E-state index in [1.165, 1.54) is 18.1 Å². The number of carbonyl (C=O) groups excluding carboxylic acids is 2. The minimum absolute atomic E-state index is 0.112. The van der Waals surface area contributed by atoms with Gasteiger partial charge in [0.2, 0.25) is 11.8 Å². The Morgan fingerprint density at radius 3 is 2.64 bits per heavy atom. The molecule has 2 aromatic heterocycles. The SMILES string of the molecule is CC(=O)NCCNC(=O)CNc1ncnc2sc(C)c(C)c12. The van der Waals surface area contributed by atoms with E-state index in [9.17, 15) is 9.59 Å². The molecule has 3 N–H and O–H groups in total. The first-order chi connectivity index (χ1) is 10.5. The second-order valence-corrected chi connectivity index (χ2v) is 6.08. The number of anilines is 1. The number of fused-ring (bicyclic) bond motifs is 1. The quantitative estimate of drug-likeness (QED) is 0.689. The molecule has 118 valence electrons. The summed E-state index contributed by atoms with van der Waals surface area (Å²) in [6.07, 6.45) is 1.49. The van der Waals surface area contributed by atoms with Crippen LogP contribution in [-0.2, 0) is 9.59 Å². The number of rotatable bonds is 6. The number of thiophene rings is 1. The predicted octanol–water partition coefficient (Wildman–Crippen LogP) is 0.972. The van der Waals surface area contributed by atoms with Crippen LogP contribution in [0, 0.1) is 13.8 Å². The summed E-state index contributed by atoms with van der Waals surface area (Å²) in [4.78, 5) is 33.1. The minimum atomic E-state index is -0.151. The molecule has 2 amide bonds. The maximum Gasteiger partial charge on any atom is 0.239 e. The summed E-state index contributed by atoms with van der Waals surface area (Å²) in [5.74, 6) is 0.407. The van der Waals surface area contributed by atoms with E-state index in [1.54, 1.807) is 11.3 Å². The molecule has 0 aromatic carbocycles. The van der Waals surface area contributed by atoms with Crippen molar-refractivity contribution in [1.29, 1.82) is 0 Å². The van der Waals surface area contributed by atoms with E-state index in [1.807, 2.05) is 13.8 Å². The smallest absolute Gasteiger partial charge is 0.239 e. The topological polar surface area (TPSA) is 96.0 Å². The van der Waals surface area contributed by atoms with Crippen LogP contribution in [0.2, 0.25) is 0 Å². The molecule has 22 heavy (non-hydrogen) atoms. The van der Waals surface area contributed by atoms with Gasteiger partial charge in [0.1, 0.15) is 17.0 Å². The van der Waals surface area contributed by atoms with Crippen molar-refractivity contribution in [3.05, 3.63) is 16.8 Å². The second kappa shape index (κ2) is 7.17. The molecule has 7 nitrogen and oxygen atoms in total. The summed E-state index contributed by atoms with van der Waals surface area (Å²) >= 11 is 1.61. The van der Waals surface area contributed by atoms with Gasteiger partial charge in [0.15, 0.2) is 0 Å². The number of carbonyl (C=O) groups is 2. The summed E-state index contributed by atoms with van der Waals surface area (Å²) in [5.41, 5.74) is 1.13. The van der Waals surface area contributed by atoms with Gasteiger partial charge >= 0.3 is 0 Å². The van der Waals surface area contributed by atoms with E-state index in [4.69, 9.17) is 0 Å². The zero-order valence-electron chi connectivity index (χ0n) is 12.8. The van der Waals surface area contributed by atoms with Crippen LogP contribution in [0.5, 0.6) is 0 Å². The molecule has 0 unspecified atom stereocenters. The molecule has 0 atom stereocenters. The van der Waals surface area contributed by atoms with E-state index in [2.05, 4.69) is 25.9 Å². The van der Waals surface area contributed by atoms with E-state index in [-0.39, 0.29) is 18.4 Å². The van der Waals surface area contributed by atoms with Crippen molar-refractivity contribution in [3.63, 3.8) is 0 Å². The van der Waals surface area contributed by atoms with E-state index in [0.717, 1.165) is 15.8 Å².